The Hall–Kier alpha value is -7.76. The van der Waals surface area contributed by atoms with Gasteiger partial charge in [-0.15, -0.1) is 0 Å². The maximum Gasteiger partial charge on any atom is 0.417 e. The normalized spacial score (nSPS) is 12.2. The second kappa shape index (κ2) is 15.5. The summed E-state index contributed by atoms with van der Waals surface area (Å²) in [6, 6.07) is 59.2. The highest BCUT2D eigenvalue weighted by Gasteiger charge is 2.38. The Balaban J connectivity index is 1.09. The molecule has 0 aliphatic carbocycles. The number of aromatic nitrogens is 3. The van der Waals surface area contributed by atoms with Crippen LogP contribution in [0.3, 0.4) is 0 Å². The van der Waals surface area contributed by atoms with E-state index in [4.69, 9.17) is 8.75 Å². The van der Waals surface area contributed by atoms with Gasteiger partial charge in [-0.1, -0.05) is 121 Å². The maximum atomic E-state index is 14.3. The largest absolute Gasteiger partial charge is 0.417 e. The zero-order valence-corrected chi connectivity index (χ0v) is 34.8. The summed E-state index contributed by atoms with van der Waals surface area (Å²) in [7, 11) is 0. The van der Waals surface area contributed by atoms with Crippen molar-refractivity contribution in [3.63, 3.8) is 0 Å². The van der Waals surface area contributed by atoms with E-state index in [0.29, 0.717) is 28.5 Å². The molecule has 0 unspecified atom stereocenters. The van der Waals surface area contributed by atoms with Crippen LogP contribution in [0.4, 0.5) is 43.4 Å². The van der Waals surface area contributed by atoms with Gasteiger partial charge in [-0.3, -0.25) is 0 Å². The molecule has 0 atom stereocenters. The van der Waals surface area contributed by atoms with Crippen molar-refractivity contribution in [3.8, 4) is 39.1 Å². The molecular weight excluding hydrogens is 851 g/mol. The fourth-order valence-corrected chi connectivity index (χ4v) is 9.59. The van der Waals surface area contributed by atoms with E-state index in [2.05, 4.69) is 65.2 Å². The van der Waals surface area contributed by atoms with Crippen LogP contribution in [0, 0.1) is 0 Å². The van der Waals surface area contributed by atoms with Crippen LogP contribution >= 0.6 is 11.7 Å². The van der Waals surface area contributed by atoms with E-state index in [9.17, 15) is 26.3 Å². The molecule has 0 saturated carbocycles. The van der Waals surface area contributed by atoms with Crippen molar-refractivity contribution in [2.45, 2.75) is 12.4 Å². The van der Waals surface area contributed by atoms with Crippen LogP contribution in [0.1, 0.15) is 11.1 Å². The molecule has 11 rings (SSSR count). The minimum atomic E-state index is -5.03. The highest BCUT2D eigenvalue weighted by molar-refractivity contribution is 7.00. The predicted molar refractivity (Wildman–Crippen MR) is 250 cm³/mol. The molecule has 0 N–H and O–H groups in total. The summed E-state index contributed by atoms with van der Waals surface area (Å²) in [6.07, 6.45) is -9.97. The molecule has 9 aromatic carbocycles. The van der Waals surface area contributed by atoms with Gasteiger partial charge < -0.3 is 9.47 Å². The number of rotatable bonds is 7. The molecule has 0 fully saturated rings. The zero-order valence-electron chi connectivity index (χ0n) is 33.9. The minimum absolute atomic E-state index is 0.111. The van der Waals surface area contributed by atoms with Crippen LogP contribution in [0.2, 0.25) is 0 Å². The topological polar surface area (TPSA) is 34.0 Å². The molecule has 316 valence electrons. The van der Waals surface area contributed by atoms with Crippen LogP contribution in [0.5, 0.6) is 0 Å². The first-order valence-electron chi connectivity index (χ1n) is 20.6. The Morgan fingerprint density at radius 3 is 1.77 bits per heavy atom. The van der Waals surface area contributed by atoms with Gasteiger partial charge >= 0.3 is 12.4 Å². The number of hydrogen-bond donors (Lipinski definition) is 0. The average molecular weight is 883 g/mol. The smallest absolute Gasteiger partial charge is 0.309 e. The number of anilines is 3. The highest BCUT2D eigenvalue weighted by Crippen LogP contribution is 2.47. The summed E-state index contributed by atoms with van der Waals surface area (Å²) in [5.74, 6) is 0. The summed E-state index contributed by atoms with van der Waals surface area (Å²) in [5, 5.41) is 4.41. The minimum Gasteiger partial charge on any atom is -0.309 e. The van der Waals surface area contributed by atoms with Crippen LogP contribution in [0.25, 0.3) is 82.7 Å². The van der Waals surface area contributed by atoms with E-state index < -0.39 is 23.5 Å². The molecule has 0 radical (unpaired) electrons. The molecule has 11 heteroatoms. The Kier molecular flexibility index (Phi) is 9.55. The first kappa shape index (κ1) is 40.0. The van der Waals surface area contributed by atoms with E-state index in [1.807, 2.05) is 95.9 Å². The van der Waals surface area contributed by atoms with Crippen molar-refractivity contribution >= 4 is 72.4 Å². The first-order valence-corrected chi connectivity index (χ1v) is 21.4. The Labute approximate surface area is 372 Å². The van der Waals surface area contributed by atoms with Crippen molar-refractivity contribution in [1.29, 1.82) is 0 Å². The predicted octanol–water partition coefficient (Wildman–Crippen LogP) is 16.4. The third kappa shape index (κ3) is 6.95. The van der Waals surface area contributed by atoms with Gasteiger partial charge in [-0.2, -0.15) is 35.1 Å². The van der Waals surface area contributed by atoms with Gasteiger partial charge in [0.2, 0.25) is 0 Å². The number of fused-ring (bicyclic) bond motifs is 6. The molecule has 2 aromatic heterocycles. The molecule has 0 aliphatic rings. The third-order valence-electron chi connectivity index (χ3n) is 11.9. The Bertz CT molecular complexity index is 3560. The highest BCUT2D eigenvalue weighted by atomic mass is 32.1. The van der Waals surface area contributed by atoms with E-state index in [0.717, 1.165) is 84.0 Å². The summed E-state index contributed by atoms with van der Waals surface area (Å²) in [4.78, 5) is 1.97. The fraction of sp³-hybridized carbons (Fsp3) is 0.0370. The number of hydrogen-bond acceptors (Lipinski definition) is 4. The molecular formula is C54H32F6N4S. The van der Waals surface area contributed by atoms with Crippen molar-refractivity contribution < 1.29 is 26.3 Å². The second-order valence-corrected chi connectivity index (χ2v) is 16.2. The van der Waals surface area contributed by atoms with Crippen LogP contribution in [-0.2, 0) is 12.4 Å². The molecule has 2 heterocycles. The van der Waals surface area contributed by atoms with Crippen LogP contribution in [0.15, 0.2) is 194 Å². The van der Waals surface area contributed by atoms with Gasteiger partial charge in [0.05, 0.1) is 39.6 Å². The van der Waals surface area contributed by atoms with Crippen LogP contribution < -0.4 is 4.90 Å². The standard InChI is InChI=1S/C54H32F6N4S/c55-53(56,57)37-23-28-41(45(32-37)54(58,59)60)36-20-26-40(27-21-36)63(39-24-18-34(19-25-39)33-10-3-1-4-11-33)48-31-29-44(51-52(48)62-65-61-51)43-16-9-17-46-50(43)49-42-15-8-7-12-35(42)22-30-47(49)64(46)38-13-5-2-6-14-38/h1-32H. The second-order valence-electron chi connectivity index (χ2n) is 15.7. The summed E-state index contributed by atoms with van der Waals surface area (Å²) < 4.78 is 95.7. The van der Waals surface area contributed by atoms with Gasteiger partial charge in [-0.05, 0) is 111 Å². The average Bonchev–Trinajstić information content (AvgIpc) is 3.96. The van der Waals surface area contributed by atoms with E-state index >= 15 is 0 Å². The molecule has 65 heavy (non-hydrogen) atoms. The van der Waals surface area contributed by atoms with Gasteiger partial charge in [0.25, 0.3) is 0 Å². The lowest BCUT2D eigenvalue weighted by molar-refractivity contribution is -0.142. The number of halogens is 6. The van der Waals surface area contributed by atoms with E-state index in [1.165, 1.54) is 12.1 Å². The van der Waals surface area contributed by atoms with Gasteiger partial charge in [0.15, 0.2) is 0 Å². The Morgan fingerprint density at radius 1 is 0.446 bits per heavy atom. The zero-order chi connectivity index (χ0) is 44.5. The van der Waals surface area contributed by atoms with Crippen molar-refractivity contribution in [2.75, 3.05) is 4.90 Å². The molecule has 0 spiro atoms. The Morgan fingerprint density at radius 2 is 1.06 bits per heavy atom. The number of para-hydroxylation sites is 1. The molecule has 0 aliphatic heterocycles. The molecule has 11 aromatic rings. The van der Waals surface area contributed by atoms with Crippen molar-refractivity contribution in [2.24, 2.45) is 0 Å². The van der Waals surface area contributed by atoms with Gasteiger partial charge in [-0.25, -0.2) is 0 Å². The number of nitrogens with zero attached hydrogens (tertiary/aromatic N) is 4. The van der Waals surface area contributed by atoms with E-state index in [1.54, 1.807) is 12.1 Å². The number of benzene rings is 9. The fourth-order valence-electron chi connectivity index (χ4n) is 9.02. The summed E-state index contributed by atoms with van der Waals surface area (Å²) >= 11 is 1.08. The quantitative estimate of drug-likeness (QED) is 0.150. The third-order valence-corrected chi connectivity index (χ3v) is 12.5. The lowest BCUT2D eigenvalue weighted by atomic mass is 9.95. The summed E-state index contributed by atoms with van der Waals surface area (Å²) in [6.45, 7) is 0. The SMILES string of the molecule is FC(F)(F)c1ccc(-c2ccc(N(c3ccc(-c4ccccc4)cc3)c3ccc(-c4cccc5c4c4c6ccccc6ccc4n5-c4ccccc4)c4nsnc34)cc2)c(C(F)(F)F)c1. The molecule has 0 amide bonds. The maximum absolute atomic E-state index is 14.3. The molecule has 0 saturated heterocycles. The van der Waals surface area contributed by atoms with Crippen LogP contribution in [-0.4, -0.2) is 13.3 Å². The van der Waals surface area contributed by atoms with Crippen molar-refractivity contribution in [3.05, 3.63) is 205 Å². The molecule has 4 nitrogen and oxygen atoms in total. The van der Waals surface area contributed by atoms with Gasteiger partial charge in [0, 0.05) is 33.4 Å². The summed E-state index contributed by atoms with van der Waals surface area (Å²) in [5.41, 5.74) is 7.28. The lowest BCUT2D eigenvalue weighted by Crippen LogP contribution is -2.12. The van der Waals surface area contributed by atoms with Crippen molar-refractivity contribution in [1.82, 2.24) is 13.3 Å². The van der Waals surface area contributed by atoms with Gasteiger partial charge in [0.1, 0.15) is 11.0 Å². The first-order chi connectivity index (χ1) is 31.5. The number of alkyl halides is 6. The lowest BCUT2D eigenvalue weighted by Gasteiger charge is -2.26. The monoisotopic (exact) mass is 882 g/mol. The van der Waals surface area contributed by atoms with E-state index in [-0.39, 0.29) is 17.2 Å². The molecule has 0 bridgehead atoms.